The Morgan fingerprint density at radius 1 is 1.20 bits per heavy atom. The van der Waals surface area contributed by atoms with Crippen molar-refractivity contribution in [3.8, 4) is 11.4 Å². The zero-order chi connectivity index (χ0) is 25.5. The SMILES string of the molecule is C[C@H](Oc1cc(-n2nc3n(c2=O)CCCC3)c(F)cc1C(O)Nc1c(F)cccc1Cl)C(F)(F)F. The van der Waals surface area contributed by atoms with Crippen LogP contribution < -0.4 is 15.7 Å². The van der Waals surface area contributed by atoms with Crippen LogP contribution in [-0.2, 0) is 13.0 Å². The van der Waals surface area contributed by atoms with Gasteiger partial charge in [0.25, 0.3) is 0 Å². The number of rotatable bonds is 6. The van der Waals surface area contributed by atoms with Gasteiger partial charge in [-0.05, 0) is 38.0 Å². The van der Waals surface area contributed by atoms with Crippen LogP contribution in [-0.4, -0.2) is 31.7 Å². The van der Waals surface area contributed by atoms with Crippen LogP contribution in [0.5, 0.6) is 5.75 Å². The molecule has 4 rings (SSSR count). The molecule has 1 unspecified atom stereocenters. The fourth-order valence-electron chi connectivity index (χ4n) is 3.70. The Bertz CT molecular complexity index is 1290. The van der Waals surface area contributed by atoms with Gasteiger partial charge in [0.15, 0.2) is 12.3 Å². The minimum Gasteiger partial charge on any atom is -0.481 e. The molecule has 1 aliphatic rings. The van der Waals surface area contributed by atoms with Crippen molar-refractivity contribution in [1.82, 2.24) is 14.3 Å². The number of halogens is 6. The molecule has 2 N–H and O–H groups in total. The molecular formula is C22H20ClF5N4O3. The summed E-state index contributed by atoms with van der Waals surface area (Å²) in [4.78, 5) is 12.8. The summed E-state index contributed by atoms with van der Waals surface area (Å²) in [7, 11) is 0. The van der Waals surface area contributed by atoms with Crippen LogP contribution in [0.1, 0.15) is 37.4 Å². The Morgan fingerprint density at radius 3 is 2.60 bits per heavy atom. The fourth-order valence-corrected chi connectivity index (χ4v) is 3.92. The number of aliphatic hydroxyl groups excluding tert-OH is 1. The van der Waals surface area contributed by atoms with Gasteiger partial charge in [0.1, 0.15) is 28.9 Å². The van der Waals surface area contributed by atoms with E-state index in [1.165, 1.54) is 16.7 Å². The van der Waals surface area contributed by atoms with E-state index in [2.05, 4.69) is 10.4 Å². The Balaban J connectivity index is 1.80. The molecule has 2 atom stereocenters. The van der Waals surface area contributed by atoms with Gasteiger partial charge in [0.05, 0.1) is 10.7 Å². The van der Waals surface area contributed by atoms with E-state index in [0.717, 1.165) is 36.6 Å². The number of hydrogen-bond acceptors (Lipinski definition) is 5. The fraction of sp³-hybridized carbons (Fsp3) is 0.364. The normalized spacial score (nSPS) is 15.4. The van der Waals surface area contributed by atoms with E-state index < -0.39 is 52.8 Å². The number of ether oxygens (including phenoxy) is 1. The van der Waals surface area contributed by atoms with E-state index >= 15 is 4.39 Å². The van der Waals surface area contributed by atoms with Crippen molar-refractivity contribution in [3.63, 3.8) is 0 Å². The first kappa shape index (κ1) is 25.0. The van der Waals surface area contributed by atoms with Gasteiger partial charge in [-0.3, -0.25) is 4.57 Å². The lowest BCUT2D eigenvalue weighted by molar-refractivity contribution is -0.189. The van der Waals surface area contributed by atoms with Crippen LogP contribution in [0.25, 0.3) is 5.69 Å². The minimum absolute atomic E-state index is 0.123. The maximum absolute atomic E-state index is 15.2. The number of nitrogens with zero attached hydrogens (tertiary/aromatic N) is 3. The van der Waals surface area contributed by atoms with Crippen LogP contribution >= 0.6 is 11.6 Å². The zero-order valence-corrected chi connectivity index (χ0v) is 19.0. The van der Waals surface area contributed by atoms with Crippen molar-refractivity contribution in [1.29, 1.82) is 0 Å². The van der Waals surface area contributed by atoms with Crippen LogP contribution in [0, 0.1) is 11.6 Å². The molecule has 1 aromatic heterocycles. The third-order valence-corrected chi connectivity index (χ3v) is 5.90. The van der Waals surface area contributed by atoms with Gasteiger partial charge in [-0.1, -0.05) is 17.7 Å². The average Bonchev–Trinajstić information content (AvgIpc) is 3.13. The summed E-state index contributed by atoms with van der Waals surface area (Å²) in [6, 6.07) is 5.22. The highest BCUT2D eigenvalue weighted by Gasteiger charge is 2.39. The van der Waals surface area contributed by atoms with Gasteiger partial charge < -0.3 is 15.2 Å². The molecule has 3 aromatic rings. The highest BCUT2D eigenvalue weighted by molar-refractivity contribution is 6.33. The lowest BCUT2D eigenvalue weighted by Gasteiger charge is -2.23. The standard InChI is InChI=1S/C22H20ClF5N4O3/c1-11(22(26,27)28)35-17-10-16(32-21(34)31-8-3-2-7-18(31)30-32)15(25)9-12(17)20(33)29-19-13(23)5-4-6-14(19)24/h4-6,9-11,20,29,33H,2-3,7-8H2,1H3/t11-,20?/m0/s1. The first-order valence-corrected chi connectivity index (χ1v) is 11.0. The highest BCUT2D eigenvalue weighted by Crippen LogP contribution is 2.35. The molecule has 0 aliphatic carbocycles. The summed E-state index contributed by atoms with van der Waals surface area (Å²) in [5, 5.41) is 17.0. The maximum Gasteiger partial charge on any atom is 0.425 e. The number of benzene rings is 2. The number of aromatic nitrogens is 3. The van der Waals surface area contributed by atoms with Crippen molar-refractivity contribution >= 4 is 17.3 Å². The summed E-state index contributed by atoms with van der Waals surface area (Å²) < 4.78 is 76.1. The van der Waals surface area contributed by atoms with Crippen molar-refractivity contribution in [2.24, 2.45) is 0 Å². The highest BCUT2D eigenvalue weighted by atomic mass is 35.5. The van der Waals surface area contributed by atoms with E-state index in [0.29, 0.717) is 24.9 Å². The van der Waals surface area contributed by atoms with E-state index in [1.54, 1.807) is 0 Å². The van der Waals surface area contributed by atoms with Crippen molar-refractivity contribution in [3.05, 3.63) is 68.9 Å². The molecular weight excluding hydrogens is 499 g/mol. The van der Waals surface area contributed by atoms with Crippen molar-refractivity contribution < 1.29 is 31.8 Å². The molecule has 0 saturated heterocycles. The largest absolute Gasteiger partial charge is 0.481 e. The van der Waals surface area contributed by atoms with Crippen LogP contribution in [0.15, 0.2) is 35.1 Å². The quantitative estimate of drug-likeness (QED) is 0.364. The lowest BCUT2D eigenvalue weighted by Crippen LogP contribution is -2.32. The second-order valence-corrected chi connectivity index (χ2v) is 8.41. The molecule has 0 radical (unpaired) electrons. The Morgan fingerprint density at radius 2 is 1.94 bits per heavy atom. The van der Waals surface area contributed by atoms with E-state index in [-0.39, 0.29) is 10.7 Å². The molecule has 0 fully saturated rings. The minimum atomic E-state index is -4.79. The summed E-state index contributed by atoms with van der Waals surface area (Å²) in [6.45, 7) is 1.11. The number of anilines is 1. The Kier molecular flexibility index (Phi) is 6.78. The Labute approximate surface area is 200 Å². The van der Waals surface area contributed by atoms with Crippen LogP contribution in [0.3, 0.4) is 0 Å². The topological polar surface area (TPSA) is 81.3 Å². The molecule has 2 aromatic carbocycles. The number of fused-ring (bicyclic) bond motifs is 1. The zero-order valence-electron chi connectivity index (χ0n) is 18.2. The summed E-state index contributed by atoms with van der Waals surface area (Å²) in [5.41, 5.74) is -1.93. The van der Waals surface area contributed by atoms with Gasteiger partial charge in [-0.25, -0.2) is 13.6 Å². The van der Waals surface area contributed by atoms with Crippen molar-refractivity contribution in [2.45, 2.75) is 51.2 Å². The van der Waals surface area contributed by atoms with E-state index in [1.807, 2.05) is 0 Å². The number of hydrogen-bond donors (Lipinski definition) is 2. The van der Waals surface area contributed by atoms with E-state index in [9.17, 15) is 27.5 Å². The number of nitrogens with one attached hydrogen (secondary N) is 1. The molecule has 188 valence electrons. The molecule has 13 heteroatoms. The van der Waals surface area contributed by atoms with Gasteiger partial charge in [-0.15, -0.1) is 5.10 Å². The maximum atomic E-state index is 15.2. The summed E-state index contributed by atoms with van der Waals surface area (Å²) >= 11 is 5.93. The Hall–Kier alpha value is -3.12. The van der Waals surface area contributed by atoms with Gasteiger partial charge in [-0.2, -0.15) is 17.9 Å². The van der Waals surface area contributed by atoms with Crippen LogP contribution in [0.2, 0.25) is 5.02 Å². The predicted octanol–water partition coefficient (Wildman–Crippen LogP) is 4.73. The summed E-state index contributed by atoms with van der Waals surface area (Å²) in [6.07, 6.45) is -7.06. The molecule has 0 bridgehead atoms. The van der Waals surface area contributed by atoms with Gasteiger partial charge in [0.2, 0.25) is 0 Å². The molecule has 2 heterocycles. The molecule has 35 heavy (non-hydrogen) atoms. The first-order valence-electron chi connectivity index (χ1n) is 10.6. The molecule has 0 amide bonds. The molecule has 7 nitrogen and oxygen atoms in total. The van der Waals surface area contributed by atoms with Crippen molar-refractivity contribution in [2.75, 3.05) is 5.32 Å². The summed E-state index contributed by atoms with van der Waals surface area (Å²) in [5.74, 6) is -2.08. The number of aryl methyl sites for hydroxylation is 1. The molecule has 0 saturated carbocycles. The molecule has 0 spiro atoms. The third-order valence-electron chi connectivity index (χ3n) is 5.58. The smallest absolute Gasteiger partial charge is 0.425 e. The van der Waals surface area contributed by atoms with E-state index in [4.69, 9.17) is 16.3 Å². The van der Waals surface area contributed by atoms with Gasteiger partial charge >= 0.3 is 11.9 Å². The number of para-hydroxylation sites is 1. The second kappa shape index (κ2) is 9.50. The first-order chi connectivity index (χ1) is 16.5. The van der Waals surface area contributed by atoms with Crippen LogP contribution in [0.4, 0.5) is 27.6 Å². The average molecular weight is 519 g/mol. The molecule has 1 aliphatic heterocycles. The third kappa shape index (κ3) is 4.98. The lowest BCUT2D eigenvalue weighted by atomic mass is 10.1. The predicted molar refractivity (Wildman–Crippen MR) is 117 cm³/mol. The number of alkyl halides is 3. The monoisotopic (exact) mass is 518 g/mol. The number of aliphatic hydroxyl groups is 1. The van der Waals surface area contributed by atoms with Gasteiger partial charge in [0, 0.05) is 24.6 Å². The second-order valence-electron chi connectivity index (χ2n) is 8.01.